The van der Waals surface area contributed by atoms with Gasteiger partial charge in [-0.05, 0) is 45.4 Å². The van der Waals surface area contributed by atoms with Gasteiger partial charge in [-0.15, -0.1) is 24.0 Å². The molecule has 27 heavy (non-hydrogen) atoms. The number of ether oxygens (including phenoxy) is 1. The maximum absolute atomic E-state index is 10.4. The van der Waals surface area contributed by atoms with Crippen molar-refractivity contribution in [2.45, 2.75) is 46.4 Å². The molecule has 0 aliphatic rings. The Morgan fingerprint density at radius 3 is 2.74 bits per heavy atom. The van der Waals surface area contributed by atoms with Gasteiger partial charge < -0.3 is 25.0 Å². The van der Waals surface area contributed by atoms with E-state index in [0.29, 0.717) is 30.8 Å². The van der Waals surface area contributed by atoms with Crippen LogP contribution < -0.4 is 15.4 Å². The van der Waals surface area contributed by atoms with Gasteiger partial charge in [-0.25, -0.2) is 4.99 Å². The van der Waals surface area contributed by atoms with Gasteiger partial charge >= 0.3 is 0 Å². The Kier molecular flexibility index (Phi) is 10.1. The largest absolute Gasteiger partial charge is 0.491 e. The van der Waals surface area contributed by atoms with Gasteiger partial charge in [0.05, 0.1) is 12.2 Å². The summed E-state index contributed by atoms with van der Waals surface area (Å²) >= 11 is 0. The second-order valence-corrected chi connectivity index (χ2v) is 6.07. The molecule has 0 bridgehead atoms. The predicted molar refractivity (Wildman–Crippen MR) is 114 cm³/mol. The van der Waals surface area contributed by atoms with Gasteiger partial charge in [-0.3, -0.25) is 0 Å². The van der Waals surface area contributed by atoms with E-state index >= 15 is 0 Å². The summed E-state index contributed by atoms with van der Waals surface area (Å²) in [6, 6.07) is 7.46. The number of aromatic nitrogens is 2. The van der Waals surface area contributed by atoms with Crippen LogP contribution >= 0.6 is 24.0 Å². The van der Waals surface area contributed by atoms with Crippen LogP contribution in [0, 0.1) is 6.92 Å². The van der Waals surface area contributed by atoms with Gasteiger partial charge in [0.1, 0.15) is 12.3 Å². The second kappa shape index (κ2) is 11.8. The highest BCUT2D eigenvalue weighted by molar-refractivity contribution is 14.0. The maximum atomic E-state index is 10.4. The molecule has 2 aromatic rings. The molecular formula is C18H28IN5O3. The Morgan fingerprint density at radius 2 is 2.11 bits per heavy atom. The molecule has 0 saturated heterocycles. The van der Waals surface area contributed by atoms with Gasteiger partial charge in [0.25, 0.3) is 0 Å². The van der Waals surface area contributed by atoms with Crippen LogP contribution in [0.5, 0.6) is 5.75 Å². The highest BCUT2D eigenvalue weighted by atomic mass is 127. The van der Waals surface area contributed by atoms with Crippen LogP contribution in [0.4, 0.5) is 0 Å². The predicted octanol–water partition coefficient (Wildman–Crippen LogP) is 2.57. The minimum absolute atomic E-state index is 0. The number of nitrogens with one attached hydrogen (secondary N) is 2. The lowest BCUT2D eigenvalue weighted by Gasteiger charge is -2.17. The molecule has 1 atom stereocenters. The molecule has 0 saturated carbocycles. The molecule has 0 aliphatic heterocycles. The van der Waals surface area contributed by atoms with Crippen molar-refractivity contribution < 1.29 is 14.4 Å². The summed E-state index contributed by atoms with van der Waals surface area (Å²) in [4.78, 5) is 8.50. The van der Waals surface area contributed by atoms with E-state index in [1.54, 1.807) is 6.92 Å². The average Bonchev–Trinajstić information content (AvgIpc) is 3.02. The topological polar surface area (TPSA) is 105 Å². The quantitative estimate of drug-likeness (QED) is 0.298. The Bertz CT molecular complexity index is 721. The van der Waals surface area contributed by atoms with Gasteiger partial charge in [-0.2, -0.15) is 4.98 Å². The highest BCUT2D eigenvalue weighted by Gasteiger charge is 2.10. The number of benzene rings is 1. The molecule has 0 fully saturated rings. The lowest BCUT2D eigenvalue weighted by molar-refractivity contribution is 0.179. The Morgan fingerprint density at radius 1 is 1.33 bits per heavy atom. The summed E-state index contributed by atoms with van der Waals surface area (Å²) in [5, 5.41) is 20.4. The smallest absolute Gasteiger partial charge is 0.248 e. The number of hydrogen-bond donors (Lipinski definition) is 3. The fourth-order valence-corrected chi connectivity index (χ4v) is 2.27. The van der Waals surface area contributed by atoms with Crippen molar-refractivity contribution in [2.24, 2.45) is 4.99 Å². The lowest BCUT2D eigenvalue weighted by atomic mass is 10.1. The third-order valence-corrected chi connectivity index (χ3v) is 3.36. The van der Waals surface area contributed by atoms with Gasteiger partial charge in [-0.1, -0.05) is 17.3 Å². The van der Waals surface area contributed by atoms with E-state index in [1.165, 1.54) is 0 Å². The van der Waals surface area contributed by atoms with Crippen LogP contribution in [0.25, 0.3) is 0 Å². The SMILES string of the molecule is CCNC(=NCc1nc(C)no1)NCC(O)c1cccc(OC(C)C)c1.I. The molecule has 150 valence electrons. The number of aryl methyl sites for hydroxylation is 1. The Labute approximate surface area is 176 Å². The van der Waals surface area contributed by atoms with Crippen LogP contribution in [0.2, 0.25) is 0 Å². The van der Waals surface area contributed by atoms with Crippen molar-refractivity contribution in [1.82, 2.24) is 20.8 Å². The fourth-order valence-electron chi connectivity index (χ4n) is 2.27. The second-order valence-electron chi connectivity index (χ2n) is 6.07. The molecule has 9 heteroatoms. The first-order valence-electron chi connectivity index (χ1n) is 8.74. The monoisotopic (exact) mass is 489 g/mol. The van der Waals surface area contributed by atoms with Crippen molar-refractivity contribution in [1.29, 1.82) is 0 Å². The van der Waals surface area contributed by atoms with Crippen LogP contribution in [0.1, 0.15) is 44.2 Å². The first-order chi connectivity index (χ1) is 12.5. The zero-order valence-corrected chi connectivity index (χ0v) is 18.4. The number of aliphatic hydroxyl groups is 1. The Hall–Kier alpha value is -1.88. The van der Waals surface area contributed by atoms with Crippen LogP contribution in [0.3, 0.4) is 0 Å². The molecule has 2 rings (SSSR count). The molecule has 8 nitrogen and oxygen atoms in total. The summed E-state index contributed by atoms with van der Waals surface area (Å²) in [6.45, 7) is 8.93. The lowest BCUT2D eigenvalue weighted by Crippen LogP contribution is -2.39. The van der Waals surface area contributed by atoms with Crippen molar-refractivity contribution >= 4 is 29.9 Å². The highest BCUT2D eigenvalue weighted by Crippen LogP contribution is 2.19. The van der Waals surface area contributed by atoms with E-state index in [1.807, 2.05) is 45.0 Å². The summed E-state index contributed by atoms with van der Waals surface area (Å²) in [5.74, 6) is 2.33. The maximum Gasteiger partial charge on any atom is 0.248 e. The summed E-state index contributed by atoms with van der Waals surface area (Å²) < 4.78 is 10.7. The standard InChI is InChI=1S/C18H27N5O3.HI/c1-5-19-18(21-11-17-22-13(4)23-26-17)20-10-16(24)14-7-6-8-15(9-14)25-12(2)3;/h6-9,12,16,24H,5,10-11H2,1-4H3,(H2,19,20,21);1H. The molecule has 0 spiro atoms. The molecule has 0 amide bonds. The fraction of sp³-hybridized carbons (Fsp3) is 0.500. The van der Waals surface area contributed by atoms with E-state index in [0.717, 1.165) is 11.3 Å². The van der Waals surface area contributed by atoms with Gasteiger partial charge in [0.15, 0.2) is 11.8 Å². The first kappa shape index (κ1) is 23.2. The number of aliphatic hydroxyl groups excluding tert-OH is 1. The van der Waals surface area contributed by atoms with Crippen molar-refractivity contribution in [3.63, 3.8) is 0 Å². The van der Waals surface area contributed by atoms with E-state index in [4.69, 9.17) is 9.26 Å². The summed E-state index contributed by atoms with van der Waals surface area (Å²) in [7, 11) is 0. The van der Waals surface area contributed by atoms with E-state index in [9.17, 15) is 5.11 Å². The first-order valence-corrected chi connectivity index (χ1v) is 8.74. The summed E-state index contributed by atoms with van der Waals surface area (Å²) in [5.41, 5.74) is 0.777. The number of rotatable bonds is 8. The van der Waals surface area contributed by atoms with E-state index in [2.05, 4.69) is 25.8 Å². The van der Waals surface area contributed by atoms with E-state index < -0.39 is 6.10 Å². The molecular weight excluding hydrogens is 461 g/mol. The number of guanidine groups is 1. The van der Waals surface area contributed by atoms with E-state index in [-0.39, 0.29) is 36.6 Å². The van der Waals surface area contributed by atoms with Crippen molar-refractivity contribution in [2.75, 3.05) is 13.1 Å². The average molecular weight is 489 g/mol. The Balaban J connectivity index is 0.00000364. The third kappa shape index (κ3) is 8.12. The molecule has 1 aromatic heterocycles. The molecule has 1 unspecified atom stereocenters. The van der Waals surface area contributed by atoms with Crippen molar-refractivity contribution in [3.05, 3.63) is 41.5 Å². The zero-order chi connectivity index (χ0) is 18.9. The van der Waals surface area contributed by atoms with Crippen LogP contribution in [-0.4, -0.2) is 40.4 Å². The zero-order valence-electron chi connectivity index (χ0n) is 16.1. The normalized spacial score (nSPS) is 12.4. The third-order valence-electron chi connectivity index (χ3n) is 3.36. The minimum Gasteiger partial charge on any atom is -0.491 e. The van der Waals surface area contributed by atoms with Crippen molar-refractivity contribution in [3.8, 4) is 5.75 Å². The van der Waals surface area contributed by atoms with Crippen LogP contribution in [-0.2, 0) is 6.54 Å². The van der Waals surface area contributed by atoms with Gasteiger partial charge in [0.2, 0.25) is 5.89 Å². The van der Waals surface area contributed by atoms with Crippen LogP contribution in [0.15, 0.2) is 33.8 Å². The molecule has 3 N–H and O–H groups in total. The number of aliphatic imine (C=N–C) groups is 1. The molecule has 1 aromatic carbocycles. The molecule has 1 heterocycles. The van der Waals surface area contributed by atoms with Gasteiger partial charge in [0, 0.05) is 13.1 Å². The molecule has 0 radical (unpaired) electrons. The number of nitrogens with zero attached hydrogens (tertiary/aromatic N) is 3. The molecule has 0 aliphatic carbocycles. The summed E-state index contributed by atoms with van der Waals surface area (Å²) in [6.07, 6.45) is -0.610. The minimum atomic E-state index is -0.694. The number of halogens is 1. The number of hydrogen-bond acceptors (Lipinski definition) is 6.